The van der Waals surface area contributed by atoms with Gasteiger partial charge in [0, 0.05) is 12.1 Å². The molecule has 6 nitrogen and oxygen atoms in total. The van der Waals surface area contributed by atoms with Gasteiger partial charge in [0.25, 0.3) is 7.59 Å². The molecule has 0 spiro atoms. The fourth-order valence-corrected chi connectivity index (χ4v) is 7.70. The maximum absolute atomic E-state index is 14.2. The van der Waals surface area contributed by atoms with E-state index in [1.165, 1.54) is 12.8 Å². The van der Waals surface area contributed by atoms with Crippen molar-refractivity contribution in [1.29, 1.82) is 0 Å². The molecule has 0 bridgehead atoms. The van der Waals surface area contributed by atoms with Crippen LogP contribution in [0.25, 0.3) is 0 Å². The van der Waals surface area contributed by atoms with Crippen LogP contribution < -0.4 is 0 Å². The number of ether oxygens (including phenoxy) is 1. The van der Waals surface area contributed by atoms with Crippen LogP contribution in [0.15, 0.2) is 30.3 Å². The second-order valence-corrected chi connectivity index (χ2v) is 10.1. The van der Waals surface area contributed by atoms with E-state index >= 15 is 0 Å². The predicted octanol–water partition coefficient (Wildman–Crippen LogP) is 3.52. The largest absolute Gasteiger partial charge is 0.465 e. The molecular weight excluding hydrogens is 349 g/mol. The van der Waals surface area contributed by atoms with Crippen molar-refractivity contribution >= 4 is 13.6 Å². The summed E-state index contributed by atoms with van der Waals surface area (Å²) < 4.78 is 25.4. The Bertz CT molecular complexity index is 662. The lowest BCUT2D eigenvalue weighted by Crippen LogP contribution is -2.37. The van der Waals surface area contributed by atoms with Gasteiger partial charge >= 0.3 is 5.97 Å². The second-order valence-electron chi connectivity index (χ2n) is 7.22. The van der Waals surface area contributed by atoms with Crippen molar-refractivity contribution in [2.45, 2.75) is 50.7 Å². The Labute approximate surface area is 156 Å². The molecule has 144 valence electrons. The van der Waals surface area contributed by atoms with Crippen molar-refractivity contribution in [3.8, 4) is 0 Å². The number of carbonyl (C=O) groups excluding carboxylic acids is 1. The summed E-state index contributed by atoms with van der Waals surface area (Å²) in [7, 11) is 2.63. The van der Waals surface area contributed by atoms with Crippen LogP contribution in [0, 0.1) is 0 Å². The summed E-state index contributed by atoms with van der Waals surface area (Å²) in [5.41, 5.74) is 0.806. The minimum atomic E-state index is -3.05. The molecule has 0 amide bonds. The van der Waals surface area contributed by atoms with Crippen LogP contribution in [-0.4, -0.2) is 59.8 Å². The number of carbonyl (C=O) groups is 1. The van der Waals surface area contributed by atoms with E-state index in [0.717, 1.165) is 18.4 Å². The summed E-state index contributed by atoms with van der Waals surface area (Å²) in [6.45, 7) is 2.10. The minimum Gasteiger partial charge on any atom is -0.465 e. The highest BCUT2D eigenvalue weighted by Crippen LogP contribution is 2.65. The third-order valence-corrected chi connectivity index (χ3v) is 9.18. The molecule has 26 heavy (non-hydrogen) atoms. The minimum absolute atomic E-state index is 0.278. The highest BCUT2D eigenvalue weighted by molar-refractivity contribution is 7.56. The van der Waals surface area contributed by atoms with Crippen LogP contribution >= 0.6 is 7.59 Å². The highest BCUT2D eigenvalue weighted by atomic mass is 31.2. The molecular formula is C19H30N3O3P. The van der Waals surface area contributed by atoms with Crippen LogP contribution in [0.1, 0.15) is 44.2 Å². The van der Waals surface area contributed by atoms with Gasteiger partial charge in [-0.05, 0) is 46.5 Å². The number of hydrogen-bond donors (Lipinski definition) is 0. The van der Waals surface area contributed by atoms with E-state index in [-0.39, 0.29) is 18.1 Å². The highest BCUT2D eigenvalue weighted by Gasteiger charge is 2.56. The number of fused-ring (bicyclic) bond motifs is 1. The van der Waals surface area contributed by atoms with E-state index in [1.807, 2.05) is 53.8 Å². The molecule has 1 heterocycles. The molecule has 1 unspecified atom stereocenters. The summed E-state index contributed by atoms with van der Waals surface area (Å²) in [6.07, 6.45) is 4.45. The predicted molar refractivity (Wildman–Crippen MR) is 103 cm³/mol. The van der Waals surface area contributed by atoms with E-state index in [1.54, 1.807) is 18.6 Å². The van der Waals surface area contributed by atoms with E-state index in [2.05, 4.69) is 0 Å². The van der Waals surface area contributed by atoms with Crippen LogP contribution in [-0.2, 0) is 14.1 Å². The molecule has 0 aromatic heterocycles. The first kappa shape index (κ1) is 19.6. The Balaban J connectivity index is 1.99. The van der Waals surface area contributed by atoms with Gasteiger partial charge in [-0.25, -0.2) is 18.8 Å². The van der Waals surface area contributed by atoms with E-state index in [9.17, 15) is 9.36 Å². The molecule has 7 heteroatoms. The maximum Gasteiger partial charge on any atom is 0.328 e. The van der Waals surface area contributed by atoms with Gasteiger partial charge in [0.1, 0.15) is 6.04 Å². The SMILES string of the molecule is CCOC(=O)C(c1ccccc1)N(C)P1(=O)N(C)[C@@H]2CCCC[C@H]2N1C. The fraction of sp³-hybridized carbons (Fsp3) is 0.632. The molecule has 1 aromatic rings. The Kier molecular flexibility index (Phi) is 5.88. The third kappa shape index (κ3) is 3.13. The number of benzene rings is 1. The molecule has 1 saturated heterocycles. The number of hydrogen-bond acceptors (Lipinski definition) is 3. The number of rotatable bonds is 5. The first-order valence-corrected chi connectivity index (χ1v) is 11.0. The normalized spacial score (nSPS) is 27.3. The molecule has 1 aliphatic carbocycles. The van der Waals surface area contributed by atoms with Crippen LogP contribution in [0.3, 0.4) is 0 Å². The van der Waals surface area contributed by atoms with Crippen molar-refractivity contribution < 1.29 is 14.1 Å². The Hall–Kier alpha value is -1.20. The van der Waals surface area contributed by atoms with Crippen molar-refractivity contribution in [2.75, 3.05) is 27.7 Å². The number of likely N-dealkylation sites (N-methyl/N-ethyl adjacent to an activating group) is 3. The Morgan fingerprint density at radius 2 is 1.73 bits per heavy atom. The van der Waals surface area contributed by atoms with Crippen molar-refractivity contribution in [2.24, 2.45) is 0 Å². The van der Waals surface area contributed by atoms with Gasteiger partial charge in [0.15, 0.2) is 0 Å². The molecule has 3 rings (SSSR count). The molecule has 1 aromatic carbocycles. The molecule has 1 aliphatic heterocycles. The molecule has 2 aliphatic rings. The first-order valence-electron chi connectivity index (χ1n) is 9.44. The van der Waals surface area contributed by atoms with Gasteiger partial charge < -0.3 is 4.74 Å². The van der Waals surface area contributed by atoms with Gasteiger partial charge in [0.2, 0.25) is 0 Å². The first-order chi connectivity index (χ1) is 12.4. The number of esters is 1. The average molecular weight is 379 g/mol. The van der Waals surface area contributed by atoms with Crippen molar-refractivity contribution in [1.82, 2.24) is 14.0 Å². The van der Waals surface area contributed by atoms with E-state index < -0.39 is 13.6 Å². The maximum atomic E-state index is 14.2. The van der Waals surface area contributed by atoms with Gasteiger partial charge in [-0.2, -0.15) is 0 Å². The Morgan fingerprint density at radius 3 is 2.23 bits per heavy atom. The number of nitrogens with zero attached hydrogens (tertiary/aromatic N) is 3. The summed E-state index contributed by atoms with van der Waals surface area (Å²) in [6, 6.07) is 9.37. The summed E-state index contributed by atoms with van der Waals surface area (Å²) in [5, 5.41) is 0. The summed E-state index contributed by atoms with van der Waals surface area (Å²) >= 11 is 0. The molecule has 3 atom stereocenters. The summed E-state index contributed by atoms with van der Waals surface area (Å²) in [5.74, 6) is -0.354. The van der Waals surface area contributed by atoms with Gasteiger partial charge in [-0.3, -0.25) is 4.57 Å². The smallest absolute Gasteiger partial charge is 0.328 e. The molecule has 0 N–H and O–H groups in total. The van der Waals surface area contributed by atoms with E-state index in [4.69, 9.17) is 4.74 Å². The lowest BCUT2D eigenvalue weighted by atomic mass is 9.91. The van der Waals surface area contributed by atoms with Crippen LogP contribution in [0.5, 0.6) is 0 Å². The van der Waals surface area contributed by atoms with Crippen molar-refractivity contribution in [3.63, 3.8) is 0 Å². The lowest BCUT2D eigenvalue weighted by molar-refractivity contribution is -0.147. The van der Waals surface area contributed by atoms with Crippen molar-refractivity contribution in [3.05, 3.63) is 35.9 Å². The standard InChI is InChI=1S/C19H30N3O3P/c1-5-25-19(23)18(15-11-7-6-8-12-15)22(4)26(24)20(2)16-13-9-10-14-17(16)21(26)3/h6-8,11-12,16-18H,5,9-10,13-14H2,1-4H3/t16-,17-,18?/m1/s1. The topological polar surface area (TPSA) is 53.1 Å². The van der Waals surface area contributed by atoms with Gasteiger partial charge in [-0.1, -0.05) is 43.2 Å². The van der Waals surface area contributed by atoms with Crippen LogP contribution in [0.2, 0.25) is 0 Å². The summed E-state index contributed by atoms with van der Waals surface area (Å²) in [4.78, 5) is 12.8. The third-order valence-electron chi connectivity index (χ3n) is 5.89. The van der Waals surface area contributed by atoms with Gasteiger partial charge in [0.05, 0.1) is 6.61 Å². The molecule has 1 saturated carbocycles. The zero-order valence-electron chi connectivity index (χ0n) is 16.2. The lowest BCUT2D eigenvalue weighted by Gasteiger charge is -2.38. The quantitative estimate of drug-likeness (QED) is 0.576. The Morgan fingerprint density at radius 1 is 1.19 bits per heavy atom. The van der Waals surface area contributed by atoms with E-state index in [0.29, 0.717) is 6.61 Å². The zero-order chi connectivity index (χ0) is 18.9. The second kappa shape index (κ2) is 7.81. The zero-order valence-corrected chi connectivity index (χ0v) is 17.1. The monoisotopic (exact) mass is 379 g/mol. The fourth-order valence-electron chi connectivity index (χ4n) is 4.53. The molecule has 2 fully saturated rings. The average Bonchev–Trinajstić information content (AvgIpc) is 2.86. The van der Waals surface area contributed by atoms with Crippen LogP contribution in [0.4, 0.5) is 0 Å². The van der Waals surface area contributed by atoms with Gasteiger partial charge in [-0.15, -0.1) is 0 Å². The molecule has 0 radical (unpaired) electrons.